The van der Waals surface area contributed by atoms with Crippen LogP contribution in [0.15, 0.2) is 24.5 Å². The highest BCUT2D eigenvalue weighted by molar-refractivity contribution is 5.98. The van der Waals surface area contributed by atoms with Crippen molar-refractivity contribution in [2.24, 2.45) is 5.92 Å². The van der Waals surface area contributed by atoms with E-state index in [0.717, 1.165) is 10.8 Å². The Morgan fingerprint density at radius 1 is 1.18 bits per heavy atom. The van der Waals surface area contributed by atoms with Crippen LogP contribution in [0.5, 0.6) is 0 Å². The molecule has 3 heterocycles. The third kappa shape index (κ3) is 4.65. The van der Waals surface area contributed by atoms with Crippen molar-refractivity contribution < 1.29 is 35.9 Å². The molecule has 8 nitrogen and oxygen atoms in total. The van der Waals surface area contributed by atoms with Gasteiger partial charge in [0.25, 0.3) is 5.91 Å². The highest BCUT2D eigenvalue weighted by Gasteiger charge is 2.43. The quantitative estimate of drug-likeness (QED) is 0.468. The molecule has 1 aliphatic heterocycles. The number of likely N-dealkylation sites (tertiary alicyclic amines) is 1. The fourth-order valence-electron chi connectivity index (χ4n) is 5.16. The van der Waals surface area contributed by atoms with Crippen molar-refractivity contribution in [2.75, 3.05) is 18.8 Å². The summed E-state index contributed by atoms with van der Waals surface area (Å²) in [6.07, 6.45) is -6.30. The zero-order valence-electron chi connectivity index (χ0n) is 20.6. The molecule has 208 valence electrons. The number of alkyl halides is 5. The first-order valence-electron chi connectivity index (χ1n) is 12.3. The van der Waals surface area contributed by atoms with Gasteiger partial charge < -0.3 is 16.0 Å². The van der Waals surface area contributed by atoms with E-state index in [1.165, 1.54) is 17.0 Å². The minimum Gasteiger partial charge on any atom is -0.382 e. The first-order valence-corrected chi connectivity index (χ1v) is 12.3. The molecule has 2 aliphatic rings. The number of nitrogens with zero attached hydrogens (tertiary/aromatic N) is 4. The molecule has 14 heteroatoms. The summed E-state index contributed by atoms with van der Waals surface area (Å²) in [6, 6.07) is 2.16. The SMILES string of the molecule is CCc1ccc(-c2cc(C(F)(F)F)c3c(N)ncnn23)c(F)c1C(=O)N[C@@H]1CN(C(=O)C2CC(F)C2)C[C@@H]1F. The van der Waals surface area contributed by atoms with Gasteiger partial charge in [0.1, 0.15) is 30.0 Å². The fraction of sp³-hybridized carbons (Fsp3) is 0.440. The number of rotatable bonds is 5. The largest absolute Gasteiger partial charge is 0.418 e. The molecule has 1 aromatic carbocycles. The van der Waals surface area contributed by atoms with E-state index in [2.05, 4.69) is 15.4 Å². The van der Waals surface area contributed by atoms with Gasteiger partial charge in [0.2, 0.25) is 5.91 Å². The average Bonchev–Trinajstić information content (AvgIpc) is 3.43. The first kappa shape index (κ1) is 26.8. The maximum atomic E-state index is 15.9. The molecule has 2 fully saturated rings. The summed E-state index contributed by atoms with van der Waals surface area (Å²) in [5, 5.41) is 6.24. The minimum absolute atomic E-state index is 0.0716. The monoisotopic (exact) mass is 554 g/mol. The summed E-state index contributed by atoms with van der Waals surface area (Å²) in [4.78, 5) is 30.5. The molecule has 0 spiro atoms. The Morgan fingerprint density at radius 3 is 2.54 bits per heavy atom. The van der Waals surface area contributed by atoms with Crippen LogP contribution < -0.4 is 11.1 Å². The number of nitrogens with two attached hydrogens (primary N) is 1. The number of halogens is 6. The number of nitrogens with one attached hydrogen (secondary N) is 1. The molecular formula is C25H24F6N6O2. The lowest BCUT2D eigenvalue weighted by Crippen LogP contribution is -2.44. The van der Waals surface area contributed by atoms with Gasteiger partial charge in [-0.25, -0.2) is 22.7 Å². The molecule has 0 bridgehead atoms. The lowest BCUT2D eigenvalue weighted by Gasteiger charge is -2.31. The van der Waals surface area contributed by atoms with Crippen LogP contribution in [-0.4, -0.2) is 62.8 Å². The van der Waals surface area contributed by atoms with Gasteiger partial charge in [-0.15, -0.1) is 0 Å². The van der Waals surface area contributed by atoms with Crippen LogP contribution in [0, 0.1) is 11.7 Å². The maximum Gasteiger partial charge on any atom is 0.418 e. The summed E-state index contributed by atoms with van der Waals surface area (Å²) in [7, 11) is 0. The van der Waals surface area contributed by atoms with Crippen molar-refractivity contribution in [2.45, 2.75) is 50.7 Å². The number of aryl methyl sites for hydroxylation is 1. The number of fused-ring (bicyclic) bond motifs is 1. The highest BCUT2D eigenvalue weighted by Crippen LogP contribution is 2.40. The van der Waals surface area contributed by atoms with Crippen LogP contribution in [0.4, 0.5) is 32.2 Å². The number of aromatic nitrogens is 3. The molecular weight excluding hydrogens is 530 g/mol. The lowest BCUT2D eigenvalue weighted by atomic mass is 9.82. The molecule has 3 N–H and O–H groups in total. The van der Waals surface area contributed by atoms with Crippen molar-refractivity contribution in [3.05, 3.63) is 47.0 Å². The Hall–Kier alpha value is -3.84. The Morgan fingerprint density at radius 2 is 1.90 bits per heavy atom. The van der Waals surface area contributed by atoms with E-state index in [0.29, 0.717) is 6.07 Å². The van der Waals surface area contributed by atoms with Crippen LogP contribution in [0.2, 0.25) is 0 Å². The summed E-state index contributed by atoms with van der Waals surface area (Å²) in [5.74, 6) is -3.50. The van der Waals surface area contributed by atoms with Gasteiger partial charge in [-0.05, 0) is 37.0 Å². The number of carbonyl (C=O) groups excluding carboxylic acids is 2. The van der Waals surface area contributed by atoms with Crippen molar-refractivity contribution >= 4 is 23.1 Å². The normalized spacial score (nSPS) is 23.2. The van der Waals surface area contributed by atoms with Crippen LogP contribution in [0.3, 0.4) is 0 Å². The van der Waals surface area contributed by atoms with Crippen molar-refractivity contribution in [1.82, 2.24) is 24.8 Å². The van der Waals surface area contributed by atoms with E-state index in [1.54, 1.807) is 6.92 Å². The first-order chi connectivity index (χ1) is 18.4. The number of anilines is 1. The zero-order chi connectivity index (χ0) is 28.2. The fourth-order valence-corrected chi connectivity index (χ4v) is 5.16. The van der Waals surface area contributed by atoms with Gasteiger partial charge in [0.15, 0.2) is 5.82 Å². The second kappa shape index (κ2) is 9.72. The van der Waals surface area contributed by atoms with Crippen molar-refractivity contribution in [1.29, 1.82) is 0 Å². The van der Waals surface area contributed by atoms with E-state index >= 15 is 4.39 Å². The molecule has 0 unspecified atom stereocenters. The Labute approximate surface area is 218 Å². The predicted molar refractivity (Wildman–Crippen MR) is 128 cm³/mol. The summed E-state index contributed by atoms with van der Waals surface area (Å²) in [5.41, 5.74) is 3.04. The number of hydrogen-bond acceptors (Lipinski definition) is 5. The molecule has 5 rings (SSSR count). The second-order valence-electron chi connectivity index (χ2n) is 9.77. The van der Waals surface area contributed by atoms with E-state index in [1.807, 2.05) is 0 Å². The molecule has 1 aliphatic carbocycles. The van der Waals surface area contributed by atoms with Crippen molar-refractivity contribution in [3.8, 4) is 11.3 Å². The Kier molecular flexibility index (Phi) is 6.67. The van der Waals surface area contributed by atoms with Gasteiger partial charge in [-0.3, -0.25) is 9.59 Å². The summed E-state index contributed by atoms with van der Waals surface area (Å²) < 4.78 is 85.9. The van der Waals surface area contributed by atoms with Gasteiger partial charge in [0, 0.05) is 18.0 Å². The van der Waals surface area contributed by atoms with E-state index in [9.17, 15) is 31.5 Å². The van der Waals surface area contributed by atoms with Crippen LogP contribution >= 0.6 is 0 Å². The summed E-state index contributed by atoms with van der Waals surface area (Å²) >= 11 is 0. The van der Waals surface area contributed by atoms with E-state index < -0.39 is 70.6 Å². The third-order valence-corrected chi connectivity index (χ3v) is 7.31. The molecule has 1 saturated carbocycles. The molecule has 2 amide bonds. The molecule has 3 aromatic rings. The maximum absolute atomic E-state index is 15.9. The molecule has 2 atom stereocenters. The predicted octanol–water partition coefficient (Wildman–Crippen LogP) is 3.73. The van der Waals surface area contributed by atoms with Crippen LogP contribution in [0.1, 0.15) is 41.3 Å². The van der Waals surface area contributed by atoms with E-state index in [4.69, 9.17) is 5.73 Å². The number of carbonyl (C=O) groups is 2. The highest BCUT2D eigenvalue weighted by atomic mass is 19.4. The number of amides is 2. The number of benzene rings is 1. The lowest BCUT2D eigenvalue weighted by molar-refractivity contribution is -0.139. The topological polar surface area (TPSA) is 106 Å². The van der Waals surface area contributed by atoms with Crippen molar-refractivity contribution in [3.63, 3.8) is 0 Å². The Balaban J connectivity index is 1.47. The summed E-state index contributed by atoms with van der Waals surface area (Å²) in [6.45, 7) is 1.19. The van der Waals surface area contributed by atoms with Gasteiger partial charge >= 0.3 is 6.18 Å². The van der Waals surface area contributed by atoms with Crippen LogP contribution in [-0.2, 0) is 17.4 Å². The number of hydrogen-bond donors (Lipinski definition) is 2. The number of nitrogen functional groups attached to an aromatic ring is 1. The smallest absolute Gasteiger partial charge is 0.382 e. The molecule has 1 saturated heterocycles. The third-order valence-electron chi connectivity index (χ3n) is 7.31. The second-order valence-corrected chi connectivity index (χ2v) is 9.77. The standard InChI is InChI=1S/C25H24F6N6O2/c1-2-11-3-4-14(18-7-15(25(29,30)31)21-22(32)33-10-34-37(18)21)20(28)19(11)23(38)35-17-9-36(8-16(17)27)24(39)12-5-13(26)6-12/h3-4,7,10,12-13,16-17H,2,5-6,8-9H2,1H3,(H,35,38)(H2,32,33,34)/t12?,13?,16-,17+/m0/s1. The zero-order valence-corrected chi connectivity index (χ0v) is 20.6. The molecule has 39 heavy (non-hydrogen) atoms. The van der Waals surface area contributed by atoms with Gasteiger partial charge in [-0.1, -0.05) is 13.0 Å². The molecule has 0 radical (unpaired) electrons. The molecule has 2 aromatic heterocycles. The van der Waals surface area contributed by atoms with E-state index in [-0.39, 0.29) is 49.2 Å². The van der Waals surface area contributed by atoms with Gasteiger partial charge in [0.05, 0.1) is 29.4 Å². The van der Waals surface area contributed by atoms with Crippen LogP contribution in [0.25, 0.3) is 16.8 Å². The Bertz CT molecular complexity index is 1450. The minimum atomic E-state index is -4.85. The van der Waals surface area contributed by atoms with Gasteiger partial charge in [-0.2, -0.15) is 18.3 Å². The average molecular weight is 554 g/mol.